The van der Waals surface area contributed by atoms with Gasteiger partial charge in [-0.15, -0.1) is 0 Å². The maximum absolute atomic E-state index is 13.6. The predicted octanol–water partition coefficient (Wildman–Crippen LogP) is 4.44. The topological polar surface area (TPSA) is 57.0 Å². The van der Waals surface area contributed by atoms with E-state index in [0.717, 1.165) is 11.5 Å². The van der Waals surface area contributed by atoms with Gasteiger partial charge in [0.25, 0.3) is 0 Å². The molecule has 0 spiro atoms. The Labute approximate surface area is 152 Å². The largest absolute Gasteiger partial charge is 0.347 e. The molecule has 1 aromatic carbocycles. The number of carbonyl (C=O) groups excluding carboxylic acids is 1. The SMILES string of the molecule is O=C(c1ccc(Cl)c(F)c1)C1CCC(n2ccc3c(Cl)ncnc32)O1. The number of Topliss-reactive ketones (excluding diaryl/α,β-unsaturated/α-hetero) is 1. The third kappa shape index (κ3) is 2.90. The summed E-state index contributed by atoms with van der Waals surface area (Å²) in [6.07, 6.45) is 3.39. The normalized spacial score (nSPS) is 20.3. The fourth-order valence-electron chi connectivity index (χ4n) is 3.02. The maximum Gasteiger partial charge on any atom is 0.191 e. The van der Waals surface area contributed by atoms with Crippen LogP contribution in [0.15, 0.2) is 36.8 Å². The van der Waals surface area contributed by atoms with Crippen LogP contribution in [0.2, 0.25) is 10.2 Å². The van der Waals surface area contributed by atoms with Gasteiger partial charge in [-0.1, -0.05) is 23.2 Å². The fraction of sp³-hybridized carbons (Fsp3) is 0.235. The molecule has 0 bridgehead atoms. The number of halogens is 3. The van der Waals surface area contributed by atoms with Gasteiger partial charge in [-0.05, 0) is 37.1 Å². The molecule has 8 heteroatoms. The molecule has 4 rings (SSSR count). The van der Waals surface area contributed by atoms with E-state index in [-0.39, 0.29) is 22.6 Å². The molecule has 25 heavy (non-hydrogen) atoms. The predicted molar refractivity (Wildman–Crippen MR) is 91.4 cm³/mol. The molecule has 0 radical (unpaired) electrons. The van der Waals surface area contributed by atoms with Crippen LogP contribution in [0.4, 0.5) is 4.39 Å². The average molecular weight is 380 g/mol. The summed E-state index contributed by atoms with van der Waals surface area (Å²) in [6, 6.07) is 5.82. The van der Waals surface area contributed by atoms with E-state index in [2.05, 4.69) is 9.97 Å². The second-order valence-electron chi connectivity index (χ2n) is 5.77. The number of rotatable bonds is 3. The van der Waals surface area contributed by atoms with Gasteiger partial charge < -0.3 is 9.30 Å². The number of hydrogen-bond acceptors (Lipinski definition) is 4. The molecule has 1 fully saturated rings. The van der Waals surface area contributed by atoms with Gasteiger partial charge in [0, 0.05) is 11.8 Å². The zero-order chi connectivity index (χ0) is 17.6. The van der Waals surface area contributed by atoms with Crippen molar-refractivity contribution in [2.75, 3.05) is 0 Å². The summed E-state index contributed by atoms with van der Waals surface area (Å²) < 4.78 is 21.3. The van der Waals surface area contributed by atoms with Crippen molar-refractivity contribution >= 4 is 40.0 Å². The molecule has 5 nitrogen and oxygen atoms in total. The van der Waals surface area contributed by atoms with Crippen molar-refractivity contribution < 1.29 is 13.9 Å². The lowest BCUT2D eigenvalue weighted by molar-refractivity contribution is 0.00913. The van der Waals surface area contributed by atoms with Crippen LogP contribution in [0.5, 0.6) is 0 Å². The lowest BCUT2D eigenvalue weighted by Crippen LogP contribution is -2.21. The Hall–Kier alpha value is -2.02. The third-order valence-corrected chi connectivity index (χ3v) is 4.87. The molecule has 0 amide bonds. The second kappa shape index (κ2) is 6.37. The van der Waals surface area contributed by atoms with Crippen LogP contribution in [0.3, 0.4) is 0 Å². The van der Waals surface area contributed by atoms with Crippen molar-refractivity contribution in [3.63, 3.8) is 0 Å². The van der Waals surface area contributed by atoms with Crippen LogP contribution in [-0.4, -0.2) is 26.4 Å². The van der Waals surface area contributed by atoms with Crippen molar-refractivity contribution in [3.8, 4) is 0 Å². The van der Waals surface area contributed by atoms with Gasteiger partial charge in [0.05, 0.1) is 10.4 Å². The minimum atomic E-state index is -0.639. The first-order valence-corrected chi connectivity index (χ1v) is 8.42. The van der Waals surface area contributed by atoms with Crippen molar-refractivity contribution in [1.29, 1.82) is 0 Å². The van der Waals surface area contributed by atoms with Crippen LogP contribution < -0.4 is 0 Å². The first kappa shape index (κ1) is 16.4. The molecule has 1 aliphatic rings. The van der Waals surface area contributed by atoms with E-state index in [1.165, 1.54) is 18.5 Å². The van der Waals surface area contributed by atoms with Crippen molar-refractivity contribution in [2.24, 2.45) is 0 Å². The van der Waals surface area contributed by atoms with Crippen molar-refractivity contribution in [3.05, 3.63) is 58.3 Å². The molecule has 2 atom stereocenters. The lowest BCUT2D eigenvalue weighted by atomic mass is 10.0. The summed E-state index contributed by atoms with van der Waals surface area (Å²) in [5.74, 6) is -0.882. The van der Waals surface area contributed by atoms with Crippen LogP contribution in [0.1, 0.15) is 29.4 Å². The number of aromatic nitrogens is 3. The summed E-state index contributed by atoms with van der Waals surface area (Å²) in [5.41, 5.74) is 0.894. The number of ether oxygens (including phenoxy) is 1. The molecule has 0 N–H and O–H groups in total. The molecule has 2 aromatic heterocycles. The Kier molecular flexibility index (Phi) is 4.19. The molecule has 3 heterocycles. The van der Waals surface area contributed by atoms with Gasteiger partial charge in [-0.3, -0.25) is 4.79 Å². The molecule has 1 aliphatic heterocycles. The Balaban J connectivity index is 1.57. The van der Waals surface area contributed by atoms with E-state index in [1.807, 2.05) is 16.8 Å². The molecule has 3 aromatic rings. The molecule has 1 saturated heterocycles. The number of ketones is 1. The summed E-state index contributed by atoms with van der Waals surface area (Å²) in [7, 11) is 0. The highest BCUT2D eigenvalue weighted by molar-refractivity contribution is 6.33. The number of fused-ring (bicyclic) bond motifs is 1. The number of hydrogen-bond donors (Lipinski definition) is 0. The molecule has 0 saturated carbocycles. The highest BCUT2D eigenvalue weighted by Crippen LogP contribution is 2.33. The Bertz CT molecular complexity index is 976. The first-order chi connectivity index (χ1) is 12.0. The van der Waals surface area contributed by atoms with E-state index in [9.17, 15) is 9.18 Å². The van der Waals surface area contributed by atoms with Crippen molar-refractivity contribution in [1.82, 2.24) is 14.5 Å². The fourth-order valence-corrected chi connectivity index (χ4v) is 3.33. The zero-order valence-electron chi connectivity index (χ0n) is 12.8. The molecule has 128 valence electrons. The third-order valence-electron chi connectivity index (χ3n) is 4.26. The number of carbonyl (C=O) groups is 1. The molecule has 0 aliphatic carbocycles. The summed E-state index contributed by atoms with van der Waals surface area (Å²) >= 11 is 11.7. The van der Waals surface area contributed by atoms with Gasteiger partial charge in [-0.25, -0.2) is 14.4 Å². The van der Waals surface area contributed by atoms with E-state index in [4.69, 9.17) is 27.9 Å². The van der Waals surface area contributed by atoms with Gasteiger partial charge >= 0.3 is 0 Å². The minimum Gasteiger partial charge on any atom is -0.347 e. The van der Waals surface area contributed by atoms with Crippen LogP contribution in [-0.2, 0) is 4.74 Å². The minimum absolute atomic E-state index is 0.0165. The van der Waals surface area contributed by atoms with Crippen LogP contribution >= 0.6 is 23.2 Å². The second-order valence-corrected chi connectivity index (χ2v) is 6.54. The first-order valence-electron chi connectivity index (χ1n) is 7.66. The van der Waals surface area contributed by atoms with Gasteiger partial charge in [0.1, 0.15) is 35.3 Å². The Morgan fingerprint density at radius 3 is 2.88 bits per heavy atom. The number of nitrogens with zero attached hydrogens (tertiary/aromatic N) is 3. The van der Waals surface area contributed by atoms with Gasteiger partial charge in [0.2, 0.25) is 0 Å². The van der Waals surface area contributed by atoms with Crippen LogP contribution in [0.25, 0.3) is 11.0 Å². The summed E-state index contributed by atoms with van der Waals surface area (Å²) in [6.45, 7) is 0. The van der Waals surface area contributed by atoms with E-state index in [0.29, 0.717) is 23.6 Å². The average Bonchev–Trinajstić information content (AvgIpc) is 3.24. The van der Waals surface area contributed by atoms with Crippen molar-refractivity contribution in [2.45, 2.75) is 25.2 Å². The smallest absolute Gasteiger partial charge is 0.191 e. The Morgan fingerprint density at radius 1 is 1.24 bits per heavy atom. The van der Waals surface area contributed by atoms with E-state index >= 15 is 0 Å². The monoisotopic (exact) mass is 379 g/mol. The highest BCUT2D eigenvalue weighted by atomic mass is 35.5. The summed E-state index contributed by atoms with van der Waals surface area (Å²) in [5, 5.41) is 1.07. The Morgan fingerprint density at radius 2 is 2.08 bits per heavy atom. The maximum atomic E-state index is 13.6. The quantitative estimate of drug-likeness (QED) is 0.498. The summed E-state index contributed by atoms with van der Waals surface area (Å²) in [4.78, 5) is 20.7. The number of benzene rings is 1. The van der Waals surface area contributed by atoms with E-state index < -0.39 is 11.9 Å². The van der Waals surface area contributed by atoms with Crippen LogP contribution in [0, 0.1) is 5.82 Å². The molecular weight excluding hydrogens is 368 g/mol. The highest BCUT2D eigenvalue weighted by Gasteiger charge is 2.33. The van der Waals surface area contributed by atoms with Gasteiger partial charge in [-0.2, -0.15) is 0 Å². The zero-order valence-corrected chi connectivity index (χ0v) is 14.3. The van der Waals surface area contributed by atoms with E-state index in [1.54, 1.807) is 0 Å². The van der Waals surface area contributed by atoms with Gasteiger partial charge in [0.15, 0.2) is 5.78 Å². The standard InChI is InChI=1S/C17H12Cl2FN3O2/c18-11-2-1-9(7-12(11)20)15(24)13-3-4-14(25-13)23-6-5-10-16(19)21-8-22-17(10)23/h1-2,5-8,13-14H,3-4H2. The molecular formula is C17H12Cl2FN3O2. The molecule has 2 unspecified atom stereocenters. The lowest BCUT2D eigenvalue weighted by Gasteiger charge is -2.15.